The minimum absolute atomic E-state index is 0.00571. The van der Waals surface area contributed by atoms with Crippen LogP contribution in [-0.2, 0) is 16.6 Å². The Morgan fingerprint density at radius 1 is 1.16 bits per heavy atom. The fourth-order valence-electron chi connectivity index (χ4n) is 2.44. The predicted molar refractivity (Wildman–Crippen MR) is 96.4 cm³/mol. The van der Waals surface area contributed by atoms with Gasteiger partial charge in [0.2, 0.25) is 10.0 Å². The summed E-state index contributed by atoms with van der Waals surface area (Å²) in [5, 5.41) is 0. The maximum absolute atomic E-state index is 12.5. The molecule has 0 aliphatic rings. The molecule has 2 rings (SSSR count). The Morgan fingerprint density at radius 2 is 1.80 bits per heavy atom. The van der Waals surface area contributed by atoms with E-state index in [0.29, 0.717) is 0 Å². The quantitative estimate of drug-likeness (QED) is 0.696. The Hall–Kier alpha value is -2.39. The number of rotatable bonds is 6. The van der Waals surface area contributed by atoms with Gasteiger partial charge in [0, 0.05) is 31.0 Å². The first-order valence-corrected chi connectivity index (χ1v) is 9.25. The lowest BCUT2D eigenvalue weighted by molar-refractivity contribution is 0.577. The van der Waals surface area contributed by atoms with Crippen LogP contribution in [0.1, 0.15) is 25.1 Å². The van der Waals surface area contributed by atoms with Crippen LogP contribution in [0.3, 0.4) is 0 Å². The van der Waals surface area contributed by atoms with Gasteiger partial charge in [0.1, 0.15) is 0 Å². The number of anilines is 1. The molecule has 0 amide bonds. The van der Waals surface area contributed by atoms with E-state index in [0.717, 1.165) is 11.3 Å². The summed E-state index contributed by atoms with van der Waals surface area (Å²) < 4.78 is 27.4. The number of hydrogen-bond donors (Lipinski definition) is 3. The predicted octanol–water partition coefficient (Wildman–Crippen LogP) is 0.695. The Labute approximate surface area is 146 Å². The van der Waals surface area contributed by atoms with Crippen LogP contribution in [0, 0.1) is 6.92 Å². The zero-order valence-electron chi connectivity index (χ0n) is 14.6. The van der Waals surface area contributed by atoms with Crippen LogP contribution in [0.25, 0.3) is 0 Å². The molecule has 0 unspecified atom stereocenters. The van der Waals surface area contributed by atoms with Gasteiger partial charge in [-0.25, -0.2) is 17.9 Å². The van der Waals surface area contributed by atoms with Crippen LogP contribution in [0.2, 0.25) is 0 Å². The fourth-order valence-corrected chi connectivity index (χ4v) is 3.68. The topological polar surface area (TPSA) is 115 Å². The number of benzene rings is 1. The third-order valence-corrected chi connectivity index (χ3v) is 5.50. The highest BCUT2D eigenvalue weighted by Crippen LogP contribution is 2.21. The second-order valence-electron chi connectivity index (χ2n) is 6.02. The van der Waals surface area contributed by atoms with Crippen LogP contribution in [-0.4, -0.2) is 31.5 Å². The van der Waals surface area contributed by atoms with Crippen LogP contribution in [0.5, 0.6) is 0 Å². The van der Waals surface area contributed by atoms with Crippen LogP contribution >= 0.6 is 0 Å². The average Bonchev–Trinajstić information content (AvgIpc) is 2.51. The molecular formula is C16H22N4O4S. The van der Waals surface area contributed by atoms with Crippen molar-refractivity contribution in [2.75, 3.05) is 11.9 Å². The summed E-state index contributed by atoms with van der Waals surface area (Å²) in [6.45, 7) is 5.45. The Balaban J connectivity index is 2.34. The van der Waals surface area contributed by atoms with Crippen LogP contribution < -0.4 is 20.9 Å². The van der Waals surface area contributed by atoms with Gasteiger partial charge >= 0.3 is 5.69 Å². The van der Waals surface area contributed by atoms with E-state index in [-0.39, 0.29) is 18.3 Å². The van der Waals surface area contributed by atoms with Crippen molar-refractivity contribution in [2.45, 2.75) is 38.3 Å². The van der Waals surface area contributed by atoms with Gasteiger partial charge in [0.15, 0.2) is 4.90 Å². The highest BCUT2D eigenvalue weighted by molar-refractivity contribution is 7.89. The summed E-state index contributed by atoms with van der Waals surface area (Å²) in [5.74, 6) is 0. The normalized spacial score (nSPS) is 11.7. The van der Waals surface area contributed by atoms with E-state index in [4.69, 9.17) is 0 Å². The Kier molecular flexibility index (Phi) is 5.48. The van der Waals surface area contributed by atoms with E-state index in [9.17, 15) is 18.0 Å². The first-order chi connectivity index (χ1) is 11.6. The molecule has 3 N–H and O–H groups in total. The molecule has 0 saturated carbocycles. The molecule has 0 saturated heterocycles. The summed E-state index contributed by atoms with van der Waals surface area (Å²) in [4.78, 5) is 28.9. The highest BCUT2D eigenvalue weighted by atomic mass is 32.2. The molecule has 1 heterocycles. The number of nitrogens with one attached hydrogen (secondary N) is 3. The zero-order chi connectivity index (χ0) is 18.8. The molecule has 0 bridgehead atoms. The molecule has 0 fully saturated rings. The summed E-state index contributed by atoms with van der Waals surface area (Å²) in [6.07, 6.45) is 0. The lowest BCUT2D eigenvalue weighted by atomic mass is 10.1. The maximum Gasteiger partial charge on any atom is 0.325 e. The summed E-state index contributed by atoms with van der Waals surface area (Å²) in [6, 6.07) is 7.66. The molecule has 136 valence electrons. The fraction of sp³-hybridized carbons (Fsp3) is 0.375. The monoisotopic (exact) mass is 366 g/mol. The summed E-state index contributed by atoms with van der Waals surface area (Å²) in [7, 11) is -2.16. The van der Waals surface area contributed by atoms with Gasteiger partial charge < -0.3 is 9.88 Å². The van der Waals surface area contributed by atoms with Crippen molar-refractivity contribution < 1.29 is 8.42 Å². The number of H-pyrrole nitrogens is 2. The summed E-state index contributed by atoms with van der Waals surface area (Å²) in [5.41, 5.74) is -0.0198. The van der Waals surface area contributed by atoms with Crippen molar-refractivity contribution in [2.24, 2.45) is 0 Å². The van der Waals surface area contributed by atoms with Gasteiger partial charge in [-0.3, -0.25) is 9.78 Å². The minimum atomic E-state index is -4.08. The first kappa shape index (κ1) is 18.9. The van der Waals surface area contributed by atoms with Gasteiger partial charge in [-0.1, -0.05) is 18.2 Å². The van der Waals surface area contributed by atoms with E-state index in [1.807, 2.05) is 55.0 Å². The standard InChI is InChI=1S/C16H22N4O4S/c1-10(2)20(4)13-8-6-5-7-12(13)9-17-25(23,24)14-11(3)18-16(22)19-15(14)21/h5-8,10,17H,9H2,1-4H3,(H2,18,19,21,22). The van der Waals surface area contributed by atoms with Gasteiger partial charge in [0.25, 0.3) is 5.56 Å². The number of nitrogens with zero attached hydrogens (tertiary/aromatic N) is 1. The first-order valence-electron chi connectivity index (χ1n) is 7.77. The molecule has 0 aliphatic heterocycles. The molecule has 8 nitrogen and oxygen atoms in total. The van der Waals surface area contributed by atoms with Gasteiger partial charge in [-0.2, -0.15) is 0 Å². The molecule has 0 aliphatic carbocycles. The zero-order valence-corrected chi connectivity index (χ0v) is 15.4. The number of sulfonamides is 1. The number of hydrogen-bond acceptors (Lipinski definition) is 5. The van der Waals surface area contributed by atoms with Crippen LogP contribution in [0.15, 0.2) is 38.8 Å². The number of aromatic amines is 2. The molecule has 0 atom stereocenters. The van der Waals surface area contributed by atoms with Crippen molar-refractivity contribution in [1.82, 2.24) is 14.7 Å². The second kappa shape index (κ2) is 7.24. The molecular weight excluding hydrogens is 344 g/mol. The molecule has 0 spiro atoms. The Morgan fingerprint density at radius 3 is 2.40 bits per heavy atom. The number of aryl methyl sites for hydroxylation is 1. The van der Waals surface area contributed by atoms with Crippen molar-refractivity contribution >= 4 is 15.7 Å². The molecule has 9 heteroatoms. The van der Waals surface area contributed by atoms with E-state index < -0.39 is 26.2 Å². The van der Waals surface area contributed by atoms with Crippen molar-refractivity contribution in [3.05, 3.63) is 56.4 Å². The molecule has 1 aromatic carbocycles. The van der Waals surface area contributed by atoms with Crippen molar-refractivity contribution in [3.63, 3.8) is 0 Å². The minimum Gasteiger partial charge on any atom is -0.372 e. The molecule has 2 aromatic rings. The second-order valence-corrected chi connectivity index (χ2v) is 7.72. The largest absolute Gasteiger partial charge is 0.372 e. The number of aromatic nitrogens is 2. The maximum atomic E-state index is 12.5. The third kappa shape index (κ3) is 4.18. The van der Waals surface area contributed by atoms with Crippen molar-refractivity contribution in [1.29, 1.82) is 0 Å². The van der Waals surface area contributed by atoms with Gasteiger partial charge in [0.05, 0.1) is 0 Å². The van der Waals surface area contributed by atoms with Crippen LogP contribution in [0.4, 0.5) is 5.69 Å². The molecule has 25 heavy (non-hydrogen) atoms. The average molecular weight is 366 g/mol. The third-order valence-electron chi connectivity index (χ3n) is 3.94. The smallest absolute Gasteiger partial charge is 0.325 e. The van der Waals surface area contributed by atoms with E-state index >= 15 is 0 Å². The SMILES string of the molecule is Cc1[nH]c(=O)[nH]c(=O)c1S(=O)(=O)NCc1ccccc1N(C)C(C)C. The van der Waals surface area contributed by atoms with Gasteiger partial charge in [-0.05, 0) is 32.4 Å². The Bertz CT molecular complexity index is 976. The van der Waals surface area contributed by atoms with E-state index in [1.54, 1.807) is 0 Å². The molecule has 0 radical (unpaired) electrons. The van der Waals surface area contributed by atoms with E-state index in [1.165, 1.54) is 6.92 Å². The van der Waals surface area contributed by atoms with Crippen molar-refractivity contribution in [3.8, 4) is 0 Å². The lowest BCUT2D eigenvalue weighted by Crippen LogP contribution is -2.35. The summed E-state index contributed by atoms with van der Waals surface area (Å²) >= 11 is 0. The highest BCUT2D eigenvalue weighted by Gasteiger charge is 2.22. The van der Waals surface area contributed by atoms with Gasteiger partial charge in [-0.15, -0.1) is 0 Å². The lowest BCUT2D eigenvalue weighted by Gasteiger charge is -2.26. The molecule has 1 aromatic heterocycles. The van der Waals surface area contributed by atoms with E-state index in [2.05, 4.69) is 9.71 Å². The number of para-hydroxylation sites is 1.